The van der Waals surface area contributed by atoms with Crippen LogP contribution in [0.15, 0.2) is 218 Å². The third-order valence-corrected chi connectivity index (χ3v) is 16.6. The first kappa shape index (κ1) is 40.6. The first-order valence-corrected chi connectivity index (χ1v) is 25.5. The van der Waals surface area contributed by atoms with Gasteiger partial charge in [0, 0.05) is 89.8 Å². The van der Waals surface area contributed by atoms with Crippen molar-refractivity contribution < 1.29 is 0 Å². The fourth-order valence-corrected chi connectivity index (χ4v) is 13.6. The predicted molar refractivity (Wildman–Crippen MR) is 301 cm³/mol. The molecule has 0 spiro atoms. The van der Waals surface area contributed by atoms with Gasteiger partial charge in [0.2, 0.25) is 0 Å². The highest BCUT2D eigenvalue weighted by atomic mass is 32.1. The number of aromatic nitrogens is 5. The van der Waals surface area contributed by atoms with Gasteiger partial charge in [-0.25, -0.2) is 15.0 Å². The second kappa shape index (κ2) is 15.9. The van der Waals surface area contributed by atoms with Gasteiger partial charge >= 0.3 is 0 Å². The molecule has 15 rings (SSSR count). The maximum atomic E-state index is 11.3. The zero-order chi connectivity index (χ0) is 47.4. The lowest BCUT2D eigenvalue weighted by molar-refractivity contribution is 1.07. The first-order chi connectivity index (χ1) is 35.7. The quantitative estimate of drug-likeness (QED) is 0.166. The molecule has 0 bridgehead atoms. The Kier molecular flexibility index (Phi) is 8.96. The van der Waals surface area contributed by atoms with E-state index in [2.05, 4.69) is 161 Å². The fraction of sp³-hybridized carbons (Fsp3) is 0. The molecule has 0 N–H and O–H groups in total. The molecular formula is C64H36N6S2. The second-order valence-electron chi connectivity index (χ2n) is 18.2. The monoisotopic (exact) mass is 952 g/mol. The van der Waals surface area contributed by atoms with Crippen molar-refractivity contribution in [3.05, 3.63) is 224 Å². The number of para-hydroxylation sites is 3. The Morgan fingerprint density at radius 3 is 1.44 bits per heavy atom. The van der Waals surface area contributed by atoms with Gasteiger partial charge in [0.1, 0.15) is 6.07 Å². The Bertz CT molecular complexity index is 4710. The first-order valence-electron chi connectivity index (χ1n) is 23.9. The van der Waals surface area contributed by atoms with Gasteiger partial charge in [0.15, 0.2) is 17.5 Å². The van der Waals surface area contributed by atoms with Gasteiger partial charge in [-0.1, -0.05) is 158 Å². The van der Waals surface area contributed by atoms with Crippen molar-refractivity contribution in [1.29, 1.82) is 5.26 Å². The Balaban J connectivity index is 1.06. The van der Waals surface area contributed by atoms with E-state index >= 15 is 0 Å². The third-order valence-electron chi connectivity index (χ3n) is 14.2. The molecule has 0 saturated carbocycles. The average molecular weight is 953 g/mol. The Morgan fingerprint density at radius 2 is 0.861 bits per heavy atom. The van der Waals surface area contributed by atoms with Crippen LogP contribution < -0.4 is 0 Å². The van der Waals surface area contributed by atoms with E-state index in [0.717, 1.165) is 66.6 Å². The van der Waals surface area contributed by atoms with E-state index in [1.54, 1.807) is 0 Å². The molecular weight excluding hydrogens is 917 g/mol. The molecule has 8 heteroatoms. The van der Waals surface area contributed by atoms with Crippen LogP contribution in [0.3, 0.4) is 0 Å². The summed E-state index contributed by atoms with van der Waals surface area (Å²) in [6, 6.07) is 79.4. The summed E-state index contributed by atoms with van der Waals surface area (Å²) in [6.45, 7) is 0. The van der Waals surface area contributed by atoms with Crippen LogP contribution in [-0.2, 0) is 0 Å². The van der Waals surface area contributed by atoms with Crippen molar-refractivity contribution in [2.24, 2.45) is 0 Å². The van der Waals surface area contributed by atoms with Crippen LogP contribution in [0.2, 0.25) is 0 Å². The van der Waals surface area contributed by atoms with Crippen LogP contribution in [0.5, 0.6) is 0 Å². The zero-order valence-corrected chi connectivity index (χ0v) is 39.9. The summed E-state index contributed by atoms with van der Waals surface area (Å²) in [5.74, 6) is 1.68. The molecule has 5 heterocycles. The van der Waals surface area contributed by atoms with Gasteiger partial charge < -0.3 is 9.13 Å². The molecule has 0 aliphatic carbocycles. The topological polar surface area (TPSA) is 72.3 Å². The van der Waals surface area contributed by atoms with Crippen LogP contribution in [0.1, 0.15) is 5.56 Å². The highest BCUT2D eigenvalue weighted by molar-refractivity contribution is 7.27. The number of thiophene rings is 2. The predicted octanol–water partition coefficient (Wildman–Crippen LogP) is 17.3. The van der Waals surface area contributed by atoms with Crippen LogP contribution in [0.25, 0.3) is 141 Å². The molecule has 0 amide bonds. The number of hydrogen-bond acceptors (Lipinski definition) is 6. The maximum absolute atomic E-state index is 11.3. The van der Waals surface area contributed by atoms with Crippen LogP contribution >= 0.6 is 22.7 Å². The molecule has 0 fully saturated rings. The van der Waals surface area contributed by atoms with E-state index in [1.807, 2.05) is 95.5 Å². The maximum Gasteiger partial charge on any atom is 0.164 e. The highest BCUT2D eigenvalue weighted by Crippen LogP contribution is 2.48. The number of hydrogen-bond donors (Lipinski definition) is 0. The lowest BCUT2D eigenvalue weighted by Crippen LogP contribution is -2.05. The molecule has 0 aliphatic rings. The molecule has 72 heavy (non-hydrogen) atoms. The summed E-state index contributed by atoms with van der Waals surface area (Å²) in [7, 11) is 0. The summed E-state index contributed by atoms with van der Waals surface area (Å²) >= 11 is 3.68. The van der Waals surface area contributed by atoms with Gasteiger partial charge in [-0.2, -0.15) is 5.26 Å². The van der Waals surface area contributed by atoms with E-state index in [9.17, 15) is 5.26 Å². The van der Waals surface area contributed by atoms with Gasteiger partial charge in [-0.3, -0.25) is 0 Å². The Hall–Kier alpha value is -9.26. The molecule has 5 aromatic heterocycles. The molecule has 0 atom stereocenters. The zero-order valence-electron chi connectivity index (χ0n) is 38.3. The summed E-state index contributed by atoms with van der Waals surface area (Å²) in [4.78, 5) is 15.7. The van der Waals surface area contributed by atoms with E-state index in [0.29, 0.717) is 23.0 Å². The molecule has 10 aromatic carbocycles. The van der Waals surface area contributed by atoms with Gasteiger partial charge in [-0.15, -0.1) is 22.7 Å². The summed E-state index contributed by atoms with van der Waals surface area (Å²) in [5, 5.41) is 21.0. The van der Waals surface area contributed by atoms with Gasteiger partial charge in [0.05, 0.1) is 33.3 Å². The number of fused-ring (bicyclic) bond motifs is 14. The smallest absolute Gasteiger partial charge is 0.164 e. The average Bonchev–Trinajstić information content (AvgIpc) is 4.21. The molecule has 0 unspecified atom stereocenters. The molecule has 15 aromatic rings. The summed E-state index contributed by atoms with van der Waals surface area (Å²) in [6.07, 6.45) is 0. The number of nitriles is 1. The van der Waals surface area contributed by atoms with E-state index in [-0.39, 0.29) is 0 Å². The van der Waals surface area contributed by atoms with E-state index < -0.39 is 0 Å². The standard InChI is InChI=1S/C64H36N6S2/c65-37-40-20-15-25-44(59(40)70-52-27-12-8-24-49(52)58-54(70)35-33-46-43-22-10-14-29-56(43)72-61(46)58)50-36-41(30-31-47(50)64-67-62(38-16-3-1-4-17-38)66-63(68-64)39-18-5-2-6-19-39)69-51-26-11-7-23-48(51)57-53(69)34-32-45-42-21-9-13-28-55(42)71-60(45)57/h1-36H. The Morgan fingerprint density at radius 1 is 0.361 bits per heavy atom. The SMILES string of the molecule is N#Cc1cccc(-c2cc(-n3c4ccccc4c4c5sc6ccccc6c5ccc43)ccc2-c2nc(-c3ccccc3)nc(-c3ccccc3)n2)c1-n1c2ccccc2c2c3sc4ccccc4c3ccc21. The minimum absolute atomic E-state index is 0.529. The molecule has 0 saturated heterocycles. The summed E-state index contributed by atoms with van der Waals surface area (Å²) in [5.41, 5.74) is 10.9. The minimum atomic E-state index is 0.529. The second-order valence-corrected chi connectivity index (χ2v) is 20.3. The molecule has 334 valence electrons. The fourth-order valence-electron chi connectivity index (χ4n) is 11.1. The van der Waals surface area contributed by atoms with Crippen molar-refractivity contribution in [3.8, 4) is 62.7 Å². The lowest BCUT2D eigenvalue weighted by Gasteiger charge is -2.20. The molecule has 6 nitrogen and oxygen atoms in total. The molecule has 0 radical (unpaired) electrons. The lowest BCUT2D eigenvalue weighted by atomic mass is 9.94. The van der Waals surface area contributed by atoms with Crippen molar-refractivity contribution >= 4 is 107 Å². The van der Waals surface area contributed by atoms with Gasteiger partial charge in [-0.05, 0) is 66.2 Å². The van der Waals surface area contributed by atoms with Crippen molar-refractivity contribution in [2.75, 3.05) is 0 Å². The van der Waals surface area contributed by atoms with Crippen LogP contribution in [0.4, 0.5) is 0 Å². The number of benzene rings is 10. The largest absolute Gasteiger partial charge is 0.309 e. The third kappa shape index (κ3) is 6.02. The summed E-state index contributed by atoms with van der Waals surface area (Å²) < 4.78 is 9.73. The number of nitrogens with zero attached hydrogens (tertiary/aromatic N) is 6. The van der Waals surface area contributed by atoms with E-state index in [1.165, 1.54) is 56.5 Å². The highest BCUT2D eigenvalue weighted by Gasteiger charge is 2.26. The Labute approximate surface area is 420 Å². The van der Waals surface area contributed by atoms with E-state index in [4.69, 9.17) is 15.0 Å². The number of rotatable bonds is 6. The van der Waals surface area contributed by atoms with Crippen molar-refractivity contribution in [3.63, 3.8) is 0 Å². The molecule has 0 aliphatic heterocycles. The van der Waals surface area contributed by atoms with Gasteiger partial charge in [0.25, 0.3) is 0 Å². The van der Waals surface area contributed by atoms with Crippen LogP contribution in [0, 0.1) is 11.3 Å². The minimum Gasteiger partial charge on any atom is -0.309 e. The van der Waals surface area contributed by atoms with Crippen molar-refractivity contribution in [2.45, 2.75) is 0 Å². The van der Waals surface area contributed by atoms with Crippen molar-refractivity contribution in [1.82, 2.24) is 24.1 Å². The normalized spacial score (nSPS) is 11.9. The van der Waals surface area contributed by atoms with Crippen LogP contribution in [-0.4, -0.2) is 24.1 Å².